The Labute approximate surface area is 188 Å². The SMILES string of the molecule is O=C(CSc1nnc(NC2CCCCC2)s1)N[C@@H](Cc1c[nH]c2ccccc12)C(=O)O. The molecule has 0 aliphatic heterocycles. The third kappa shape index (κ3) is 5.76. The number of anilines is 1. The minimum Gasteiger partial charge on any atom is -0.480 e. The third-order valence-corrected chi connectivity index (χ3v) is 7.39. The molecule has 4 rings (SSSR count). The number of carbonyl (C=O) groups is 2. The summed E-state index contributed by atoms with van der Waals surface area (Å²) in [4.78, 5) is 27.2. The topological polar surface area (TPSA) is 120 Å². The second kappa shape index (κ2) is 10.1. The average Bonchev–Trinajstić information content (AvgIpc) is 3.39. The van der Waals surface area contributed by atoms with Gasteiger partial charge in [-0.15, -0.1) is 10.2 Å². The first kappa shape index (κ1) is 21.6. The van der Waals surface area contributed by atoms with Crippen molar-refractivity contribution in [3.63, 3.8) is 0 Å². The minimum atomic E-state index is -1.06. The summed E-state index contributed by atoms with van der Waals surface area (Å²) < 4.78 is 0.692. The Hall–Kier alpha value is -2.59. The number of hydrogen-bond acceptors (Lipinski definition) is 7. The molecule has 4 N–H and O–H groups in total. The molecule has 0 radical (unpaired) electrons. The van der Waals surface area contributed by atoms with Gasteiger partial charge in [0.05, 0.1) is 5.75 Å². The molecule has 10 heteroatoms. The van der Waals surface area contributed by atoms with Crippen molar-refractivity contribution >= 4 is 51.0 Å². The maximum Gasteiger partial charge on any atom is 0.326 e. The quantitative estimate of drug-likeness (QED) is 0.360. The number of aromatic nitrogens is 3. The molecule has 8 nitrogen and oxygen atoms in total. The van der Waals surface area contributed by atoms with E-state index in [2.05, 4.69) is 25.8 Å². The third-order valence-electron chi connectivity index (χ3n) is 5.40. The number of benzene rings is 1. The van der Waals surface area contributed by atoms with Crippen molar-refractivity contribution in [3.8, 4) is 0 Å². The molecule has 1 aliphatic carbocycles. The summed E-state index contributed by atoms with van der Waals surface area (Å²) in [7, 11) is 0. The lowest BCUT2D eigenvalue weighted by atomic mass is 9.96. The Morgan fingerprint density at radius 3 is 2.84 bits per heavy atom. The Bertz CT molecular complexity index is 1040. The Morgan fingerprint density at radius 2 is 2.03 bits per heavy atom. The molecule has 2 heterocycles. The van der Waals surface area contributed by atoms with E-state index >= 15 is 0 Å². The summed E-state index contributed by atoms with van der Waals surface area (Å²) in [6, 6.07) is 7.15. The first-order valence-electron chi connectivity index (χ1n) is 10.4. The Kier molecular flexibility index (Phi) is 7.08. The molecule has 0 unspecified atom stereocenters. The predicted octanol–water partition coefficient (Wildman–Crippen LogP) is 3.67. The number of aliphatic carboxylic acids is 1. The number of carboxylic acid groups (broad SMARTS) is 1. The smallest absolute Gasteiger partial charge is 0.326 e. The monoisotopic (exact) mass is 459 g/mol. The van der Waals surface area contributed by atoms with E-state index < -0.39 is 12.0 Å². The van der Waals surface area contributed by atoms with Crippen molar-refractivity contribution < 1.29 is 14.7 Å². The number of hydrogen-bond donors (Lipinski definition) is 4. The van der Waals surface area contributed by atoms with Crippen LogP contribution in [0.5, 0.6) is 0 Å². The van der Waals surface area contributed by atoms with Gasteiger partial charge in [0.25, 0.3) is 0 Å². The second-order valence-electron chi connectivity index (χ2n) is 7.66. The molecule has 0 bridgehead atoms. The van der Waals surface area contributed by atoms with Crippen LogP contribution in [0.3, 0.4) is 0 Å². The lowest BCUT2D eigenvalue weighted by Crippen LogP contribution is -2.43. The number of carboxylic acids is 1. The Balaban J connectivity index is 1.29. The molecule has 1 atom stereocenters. The van der Waals surface area contributed by atoms with Gasteiger partial charge in [-0.25, -0.2) is 4.79 Å². The van der Waals surface area contributed by atoms with E-state index in [0.29, 0.717) is 10.4 Å². The second-order valence-corrected chi connectivity index (χ2v) is 9.86. The highest BCUT2D eigenvalue weighted by atomic mass is 32.2. The number of thioether (sulfide) groups is 1. The van der Waals surface area contributed by atoms with E-state index in [0.717, 1.165) is 34.4 Å². The van der Waals surface area contributed by atoms with Crippen molar-refractivity contribution in [2.45, 2.75) is 54.9 Å². The molecule has 1 aromatic carbocycles. The standard InChI is InChI=1S/C21H25N5O3S2/c27-18(12-30-21-26-25-20(31-21)23-14-6-2-1-3-7-14)24-17(19(28)29)10-13-11-22-16-9-5-4-8-15(13)16/h4-5,8-9,11,14,17,22H,1-3,6-7,10,12H2,(H,23,25)(H,24,27)(H,28,29)/t17-/m0/s1. The first-order valence-corrected chi connectivity index (χ1v) is 12.2. The van der Waals surface area contributed by atoms with Crippen LogP contribution in [0.2, 0.25) is 0 Å². The molecule has 1 saturated carbocycles. The summed E-state index contributed by atoms with van der Waals surface area (Å²) in [5.74, 6) is -1.30. The van der Waals surface area contributed by atoms with Crippen molar-refractivity contribution in [3.05, 3.63) is 36.0 Å². The number of H-pyrrole nitrogens is 1. The predicted molar refractivity (Wildman–Crippen MR) is 123 cm³/mol. The van der Waals surface area contributed by atoms with Gasteiger partial charge in [-0.1, -0.05) is 60.6 Å². The Morgan fingerprint density at radius 1 is 1.23 bits per heavy atom. The van der Waals surface area contributed by atoms with Gasteiger partial charge in [0.15, 0.2) is 4.34 Å². The molecule has 2 aromatic heterocycles. The zero-order valence-corrected chi connectivity index (χ0v) is 18.6. The van der Waals surface area contributed by atoms with Gasteiger partial charge in [-0.3, -0.25) is 4.79 Å². The summed E-state index contributed by atoms with van der Waals surface area (Å²) in [5, 5.41) is 25.7. The van der Waals surface area contributed by atoms with Crippen molar-refractivity contribution in [2.75, 3.05) is 11.1 Å². The number of para-hydroxylation sites is 1. The maximum absolute atomic E-state index is 12.4. The maximum atomic E-state index is 12.4. The van der Waals surface area contributed by atoms with Crippen LogP contribution in [0.1, 0.15) is 37.7 Å². The molecule has 3 aromatic rings. The van der Waals surface area contributed by atoms with E-state index in [4.69, 9.17) is 0 Å². The van der Waals surface area contributed by atoms with Gasteiger partial charge < -0.3 is 20.7 Å². The van der Waals surface area contributed by atoms with E-state index in [9.17, 15) is 14.7 Å². The fourth-order valence-electron chi connectivity index (χ4n) is 3.83. The van der Waals surface area contributed by atoms with Crippen LogP contribution in [0.4, 0.5) is 5.13 Å². The number of aromatic amines is 1. The number of nitrogens with zero attached hydrogens (tertiary/aromatic N) is 2. The lowest BCUT2D eigenvalue weighted by Gasteiger charge is -2.21. The molecule has 1 amide bonds. The van der Waals surface area contributed by atoms with E-state index in [-0.39, 0.29) is 18.1 Å². The van der Waals surface area contributed by atoms with Crippen LogP contribution in [0.25, 0.3) is 10.9 Å². The van der Waals surface area contributed by atoms with Crippen LogP contribution in [-0.2, 0) is 16.0 Å². The summed E-state index contributed by atoms with van der Waals surface area (Å²) in [6.45, 7) is 0. The van der Waals surface area contributed by atoms with E-state index in [1.165, 1.54) is 42.4 Å². The fourth-order valence-corrected chi connectivity index (χ4v) is 5.47. The van der Waals surface area contributed by atoms with Crippen molar-refractivity contribution in [2.24, 2.45) is 0 Å². The number of rotatable bonds is 9. The van der Waals surface area contributed by atoms with Gasteiger partial charge in [0.1, 0.15) is 6.04 Å². The fraction of sp³-hybridized carbons (Fsp3) is 0.429. The van der Waals surface area contributed by atoms with Gasteiger partial charge in [-0.05, 0) is 24.5 Å². The zero-order chi connectivity index (χ0) is 21.6. The van der Waals surface area contributed by atoms with Crippen LogP contribution in [0.15, 0.2) is 34.8 Å². The van der Waals surface area contributed by atoms with Crippen molar-refractivity contribution in [1.29, 1.82) is 0 Å². The van der Waals surface area contributed by atoms with E-state index in [1.807, 2.05) is 24.3 Å². The molecule has 0 spiro atoms. The first-order chi connectivity index (χ1) is 15.1. The number of amides is 1. The van der Waals surface area contributed by atoms with Gasteiger partial charge in [-0.2, -0.15) is 0 Å². The molecule has 0 saturated heterocycles. The van der Waals surface area contributed by atoms with Gasteiger partial charge >= 0.3 is 5.97 Å². The number of carbonyl (C=O) groups excluding carboxylic acids is 1. The molecular weight excluding hydrogens is 434 g/mol. The highest BCUT2D eigenvalue weighted by molar-refractivity contribution is 8.01. The summed E-state index contributed by atoms with van der Waals surface area (Å²) >= 11 is 2.70. The average molecular weight is 460 g/mol. The minimum absolute atomic E-state index is 0.0930. The van der Waals surface area contributed by atoms with Crippen LogP contribution in [-0.4, -0.2) is 50.0 Å². The normalized spacial score (nSPS) is 15.6. The lowest BCUT2D eigenvalue weighted by molar-refractivity contribution is -0.141. The highest BCUT2D eigenvalue weighted by Crippen LogP contribution is 2.28. The number of fused-ring (bicyclic) bond motifs is 1. The molecule has 1 aliphatic rings. The summed E-state index contributed by atoms with van der Waals surface area (Å²) in [6.07, 6.45) is 8.08. The van der Waals surface area contributed by atoms with Crippen LogP contribution >= 0.6 is 23.1 Å². The highest BCUT2D eigenvalue weighted by Gasteiger charge is 2.22. The van der Waals surface area contributed by atoms with Crippen molar-refractivity contribution in [1.82, 2.24) is 20.5 Å². The largest absolute Gasteiger partial charge is 0.480 e. The van der Waals surface area contributed by atoms with Gasteiger partial charge in [0.2, 0.25) is 11.0 Å². The van der Waals surface area contributed by atoms with E-state index in [1.54, 1.807) is 6.20 Å². The zero-order valence-electron chi connectivity index (χ0n) is 17.0. The summed E-state index contributed by atoms with van der Waals surface area (Å²) in [5.41, 5.74) is 1.80. The van der Waals surface area contributed by atoms with Crippen LogP contribution < -0.4 is 10.6 Å². The molecule has 31 heavy (non-hydrogen) atoms. The van der Waals surface area contributed by atoms with Crippen LogP contribution in [0, 0.1) is 0 Å². The van der Waals surface area contributed by atoms with Gasteiger partial charge in [0, 0.05) is 29.6 Å². The molecule has 1 fully saturated rings. The number of nitrogens with one attached hydrogen (secondary N) is 3. The molecule has 164 valence electrons. The molecular formula is C21H25N5O3S2.